The predicted octanol–water partition coefficient (Wildman–Crippen LogP) is 3.04. The highest BCUT2D eigenvalue weighted by molar-refractivity contribution is 7.88. The number of halogens is 1. The zero-order valence-corrected chi connectivity index (χ0v) is 16.6. The zero-order chi connectivity index (χ0) is 18.6. The van der Waals surface area contributed by atoms with E-state index in [-0.39, 0.29) is 23.6 Å². The number of nitrogens with zero attached hydrogens (tertiary/aromatic N) is 1. The van der Waals surface area contributed by atoms with Crippen molar-refractivity contribution in [2.75, 3.05) is 13.1 Å². The van der Waals surface area contributed by atoms with Crippen LogP contribution in [0.2, 0.25) is 5.02 Å². The molecule has 1 fully saturated rings. The van der Waals surface area contributed by atoms with Crippen molar-refractivity contribution in [2.45, 2.75) is 45.4 Å². The van der Waals surface area contributed by atoms with Gasteiger partial charge in [0, 0.05) is 30.1 Å². The Kier molecular flexibility index (Phi) is 6.88. The number of amides is 1. The number of sulfonamides is 1. The maximum absolute atomic E-state index is 12.6. The molecule has 1 aliphatic heterocycles. The van der Waals surface area contributed by atoms with Crippen LogP contribution in [0.3, 0.4) is 0 Å². The summed E-state index contributed by atoms with van der Waals surface area (Å²) in [6.45, 7) is 6.90. The fraction of sp³-hybridized carbons (Fsp3) is 0.611. The third kappa shape index (κ3) is 5.69. The Labute approximate surface area is 155 Å². The number of nitrogens with one attached hydrogen (secondary N) is 1. The fourth-order valence-electron chi connectivity index (χ4n) is 2.83. The van der Waals surface area contributed by atoms with Crippen molar-refractivity contribution in [1.29, 1.82) is 0 Å². The predicted molar refractivity (Wildman–Crippen MR) is 101 cm³/mol. The average molecular weight is 387 g/mol. The van der Waals surface area contributed by atoms with Gasteiger partial charge in [-0.15, -0.1) is 0 Å². The molecule has 0 aliphatic carbocycles. The van der Waals surface area contributed by atoms with Gasteiger partial charge in [-0.2, -0.15) is 0 Å². The zero-order valence-electron chi connectivity index (χ0n) is 15.0. The van der Waals surface area contributed by atoms with Gasteiger partial charge in [0.15, 0.2) is 0 Å². The molecule has 1 aromatic carbocycles. The molecule has 0 radical (unpaired) electrons. The van der Waals surface area contributed by atoms with Gasteiger partial charge in [-0.1, -0.05) is 37.6 Å². The maximum Gasteiger partial charge on any atom is 0.223 e. The number of hydrogen-bond acceptors (Lipinski definition) is 3. The van der Waals surface area contributed by atoms with Gasteiger partial charge in [0.2, 0.25) is 15.9 Å². The second-order valence-electron chi connectivity index (χ2n) is 7.10. The fourth-order valence-corrected chi connectivity index (χ4v) is 4.60. The lowest BCUT2D eigenvalue weighted by atomic mass is 9.96. The van der Waals surface area contributed by atoms with Crippen LogP contribution in [-0.4, -0.2) is 37.8 Å². The van der Waals surface area contributed by atoms with E-state index in [1.165, 1.54) is 4.31 Å². The minimum absolute atomic E-state index is 0.0353. The molecule has 1 N–H and O–H groups in total. The Morgan fingerprint density at radius 3 is 2.48 bits per heavy atom. The van der Waals surface area contributed by atoms with Crippen LogP contribution >= 0.6 is 11.6 Å². The molecule has 1 amide bonds. The SMILES string of the molecule is CC(C)[C@H](C)NC(=O)C1CCN(S(=O)(=O)Cc2cccc(Cl)c2)CC1. The highest BCUT2D eigenvalue weighted by Gasteiger charge is 2.31. The first-order chi connectivity index (χ1) is 11.7. The number of rotatable bonds is 6. The molecule has 7 heteroatoms. The van der Waals surface area contributed by atoms with E-state index in [2.05, 4.69) is 19.2 Å². The number of carbonyl (C=O) groups is 1. The summed E-state index contributed by atoms with van der Waals surface area (Å²) in [5, 5.41) is 3.56. The summed E-state index contributed by atoms with van der Waals surface area (Å²) in [7, 11) is -3.40. The molecule has 140 valence electrons. The van der Waals surface area contributed by atoms with Gasteiger partial charge in [-0.05, 0) is 43.4 Å². The summed E-state index contributed by atoms with van der Waals surface area (Å²) in [5.74, 6) is 0.239. The van der Waals surface area contributed by atoms with Crippen molar-refractivity contribution >= 4 is 27.5 Å². The normalized spacial score (nSPS) is 18.3. The molecule has 1 heterocycles. The van der Waals surface area contributed by atoms with Crippen LogP contribution in [0.15, 0.2) is 24.3 Å². The molecule has 0 bridgehead atoms. The molecule has 1 aromatic rings. The lowest BCUT2D eigenvalue weighted by Crippen LogP contribution is -2.46. The second-order valence-corrected chi connectivity index (χ2v) is 9.51. The molecule has 0 unspecified atom stereocenters. The quantitative estimate of drug-likeness (QED) is 0.817. The summed E-state index contributed by atoms with van der Waals surface area (Å²) in [6.07, 6.45) is 1.12. The smallest absolute Gasteiger partial charge is 0.223 e. The van der Waals surface area contributed by atoms with Crippen LogP contribution in [0.25, 0.3) is 0 Å². The van der Waals surface area contributed by atoms with Crippen molar-refractivity contribution in [3.63, 3.8) is 0 Å². The Balaban J connectivity index is 1.91. The Morgan fingerprint density at radius 1 is 1.28 bits per heavy atom. The van der Waals surface area contributed by atoms with Gasteiger partial charge >= 0.3 is 0 Å². The maximum atomic E-state index is 12.6. The molecule has 1 aliphatic rings. The van der Waals surface area contributed by atoms with E-state index in [9.17, 15) is 13.2 Å². The van der Waals surface area contributed by atoms with E-state index in [4.69, 9.17) is 11.6 Å². The van der Waals surface area contributed by atoms with Gasteiger partial charge in [-0.3, -0.25) is 4.79 Å². The first-order valence-electron chi connectivity index (χ1n) is 8.71. The number of benzene rings is 1. The number of hydrogen-bond donors (Lipinski definition) is 1. The van der Waals surface area contributed by atoms with Crippen molar-refractivity contribution in [2.24, 2.45) is 11.8 Å². The van der Waals surface area contributed by atoms with Gasteiger partial charge in [0.05, 0.1) is 5.75 Å². The van der Waals surface area contributed by atoms with Gasteiger partial charge in [-0.25, -0.2) is 12.7 Å². The molecule has 2 rings (SSSR count). The van der Waals surface area contributed by atoms with Crippen LogP contribution < -0.4 is 5.32 Å². The Hall–Kier alpha value is -1.11. The van der Waals surface area contributed by atoms with Crippen LogP contribution in [0, 0.1) is 11.8 Å². The first-order valence-corrected chi connectivity index (χ1v) is 10.7. The molecule has 25 heavy (non-hydrogen) atoms. The molecule has 0 saturated carbocycles. The van der Waals surface area contributed by atoms with Crippen LogP contribution in [0.5, 0.6) is 0 Å². The lowest BCUT2D eigenvalue weighted by molar-refractivity contribution is -0.127. The molecular formula is C18H27ClN2O3S. The van der Waals surface area contributed by atoms with Gasteiger partial charge < -0.3 is 5.32 Å². The van der Waals surface area contributed by atoms with Gasteiger partial charge in [0.1, 0.15) is 0 Å². The first kappa shape index (κ1) is 20.2. The largest absolute Gasteiger partial charge is 0.353 e. The van der Waals surface area contributed by atoms with E-state index in [1.807, 2.05) is 6.92 Å². The molecule has 5 nitrogen and oxygen atoms in total. The highest BCUT2D eigenvalue weighted by Crippen LogP contribution is 2.23. The minimum Gasteiger partial charge on any atom is -0.353 e. The third-order valence-electron chi connectivity index (χ3n) is 4.83. The highest BCUT2D eigenvalue weighted by atomic mass is 35.5. The van der Waals surface area contributed by atoms with E-state index >= 15 is 0 Å². The third-order valence-corrected chi connectivity index (χ3v) is 6.91. The Bertz CT molecular complexity index is 698. The molecule has 1 atom stereocenters. The van der Waals surface area contributed by atoms with Crippen LogP contribution in [0.4, 0.5) is 0 Å². The monoisotopic (exact) mass is 386 g/mol. The van der Waals surface area contributed by atoms with E-state index in [0.717, 1.165) is 0 Å². The van der Waals surface area contributed by atoms with Crippen molar-refractivity contribution in [1.82, 2.24) is 9.62 Å². The van der Waals surface area contributed by atoms with E-state index in [1.54, 1.807) is 24.3 Å². The Morgan fingerprint density at radius 2 is 1.92 bits per heavy atom. The van der Waals surface area contributed by atoms with Gasteiger partial charge in [0.25, 0.3) is 0 Å². The van der Waals surface area contributed by atoms with E-state index in [0.29, 0.717) is 42.4 Å². The average Bonchev–Trinajstić information content (AvgIpc) is 2.54. The molecule has 1 saturated heterocycles. The molecule has 0 spiro atoms. The second kappa shape index (κ2) is 8.52. The summed E-state index contributed by atoms with van der Waals surface area (Å²) >= 11 is 5.92. The van der Waals surface area contributed by atoms with Crippen molar-refractivity contribution < 1.29 is 13.2 Å². The lowest BCUT2D eigenvalue weighted by Gasteiger charge is -2.31. The summed E-state index contributed by atoms with van der Waals surface area (Å²) < 4.78 is 26.7. The minimum atomic E-state index is -3.40. The number of carbonyl (C=O) groups excluding carboxylic acids is 1. The van der Waals surface area contributed by atoms with Crippen LogP contribution in [-0.2, 0) is 20.6 Å². The number of piperidine rings is 1. The summed E-state index contributed by atoms with van der Waals surface area (Å²) in [5.41, 5.74) is 0.679. The summed E-state index contributed by atoms with van der Waals surface area (Å²) in [4.78, 5) is 12.3. The topological polar surface area (TPSA) is 66.5 Å². The standard InChI is InChI=1S/C18H27ClN2O3S/c1-13(2)14(3)20-18(22)16-7-9-21(10-8-16)25(23,24)12-15-5-4-6-17(19)11-15/h4-6,11,13-14,16H,7-10,12H2,1-3H3,(H,20,22)/t14-/m0/s1. The van der Waals surface area contributed by atoms with Crippen molar-refractivity contribution in [3.05, 3.63) is 34.9 Å². The van der Waals surface area contributed by atoms with Crippen LogP contribution in [0.1, 0.15) is 39.2 Å². The molecule has 0 aromatic heterocycles. The van der Waals surface area contributed by atoms with Crippen molar-refractivity contribution in [3.8, 4) is 0 Å². The van der Waals surface area contributed by atoms with E-state index < -0.39 is 10.0 Å². The molecular weight excluding hydrogens is 360 g/mol. The summed E-state index contributed by atoms with van der Waals surface area (Å²) in [6, 6.07) is 7.03.